The lowest BCUT2D eigenvalue weighted by molar-refractivity contribution is 0.817. The van der Waals surface area contributed by atoms with Crippen molar-refractivity contribution in [2.75, 3.05) is 6.26 Å². The second-order valence-corrected chi connectivity index (χ2v) is 5.27. The van der Waals surface area contributed by atoms with Gasteiger partial charge in [0, 0.05) is 12.4 Å². The third-order valence-electron chi connectivity index (χ3n) is 3.28. The molecule has 2 aromatic heterocycles. The van der Waals surface area contributed by atoms with Crippen LogP contribution >= 0.6 is 11.8 Å². The van der Waals surface area contributed by atoms with Crippen LogP contribution in [0.25, 0.3) is 5.78 Å². The Morgan fingerprint density at radius 3 is 3.10 bits per heavy atom. The van der Waals surface area contributed by atoms with Gasteiger partial charge in [-0.05, 0) is 17.9 Å². The van der Waals surface area contributed by atoms with Gasteiger partial charge in [0.1, 0.15) is 6.33 Å². The van der Waals surface area contributed by atoms with Gasteiger partial charge in [-0.25, -0.2) is 0 Å². The Balaban J connectivity index is 1.66. The molecule has 0 bridgehead atoms. The van der Waals surface area contributed by atoms with E-state index in [9.17, 15) is 0 Å². The molecule has 104 valence electrons. The number of hydrogen-bond acceptors (Lipinski definition) is 6. The van der Waals surface area contributed by atoms with E-state index in [1.54, 1.807) is 15.5 Å². The lowest BCUT2D eigenvalue weighted by Crippen LogP contribution is -1.99. The first-order chi connectivity index (χ1) is 10.4. The van der Waals surface area contributed by atoms with Gasteiger partial charge in [-0.1, -0.05) is 30.0 Å². The fourth-order valence-corrected chi connectivity index (χ4v) is 2.68. The lowest BCUT2D eigenvalue weighted by Gasteiger charge is -2.01. The van der Waals surface area contributed by atoms with Gasteiger partial charge in [0.2, 0.25) is 5.16 Å². The summed E-state index contributed by atoms with van der Waals surface area (Å²) in [6.07, 6.45) is 7.28. The maximum Gasteiger partial charge on any atom is 0.275 e. The minimum absolute atomic E-state index is 0.0755. The number of benzene rings is 1. The van der Waals surface area contributed by atoms with Crippen LogP contribution in [0.2, 0.25) is 0 Å². The molecular formula is C13H11N7S. The van der Waals surface area contributed by atoms with Crippen LogP contribution in [0.15, 0.2) is 45.8 Å². The number of hydrogen-bond donors (Lipinski definition) is 0. The number of aliphatic imine (C=N–C) groups is 1. The molecule has 0 radical (unpaired) electrons. The molecule has 7 nitrogen and oxygen atoms in total. The van der Waals surface area contributed by atoms with E-state index in [2.05, 4.69) is 31.5 Å². The van der Waals surface area contributed by atoms with Crippen molar-refractivity contribution >= 4 is 35.7 Å². The molecule has 0 saturated heterocycles. The first kappa shape index (κ1) is 12.3. The Morgan fingerprint density at radius 2 is 2.19 bits per heavy atom. The second-order valence-electron chi connectivity index (χ2n) is 4.50. The van der Waals surface area contributed by atoms with E-state index in [1.165, 1.54) is 11.8 Å². The van der Waals surface area contributed by atoms with Gasteiger partial charge in [-0.3, -0.25) is 4.99 Å². The molecule has 3 heterocycles. The van der Waals surface area contributed by atoms with Crippen LogP contribution in [-0.4, -0.2) is 43.2 Å². The predicted molar refractivity (Wildman–Crippen MR) is 81.8 cm³/mol. The highest BCUT2D eigenvalue weighted by Crippen LogP contribution is 2.30. The van der Waals surface area contributed by atoms with Crippen molar-refractivity contribution in [3.8, 4) is 0 Å². The van der Waals surface area contributed by atoms with Gasteiger partial charge in [-0.15, -0.1) is 10.2 Å². The quantitative estimate of drug-likeness (QED) is 0.547. The average Bonchev–Trinajstić information content (AvgIpc) is 3.20. The Hall–Kier alpha value is -2.48. The van der Waals surface area contributed by atoms with Gasteiger partial charge in [0.15, 0.2) is 0 Å². The molecule has 1 unspecified atom stereocenters. The molecule has 0 fully saturated rings. The molecule has 0 aliphatic carbocycles. The summed E-state index contributed by atoms with van der Waals surface area (Å²) in [4.78, 5) is 4.38. The Labute approximate surface area is 124 Å². The zero-order valence-corrected chi connectivity index (χ0v) is 12.0. The molecule has 21 heavy (non-hydrogen) atoms. The maximum atomic E-state index is 4.43. The van der Waals surface area contributed by atoms with E-state index in [1.807, 2.05) is 36.9 Å². The molecule has 0 spiro atoms. The third-order valence-corrected chi connectivity index (χ3v) is 3.90. The molecule has 1 atom stereocenters. The smallest absolute Gasteiger partial charge is 0.260 e. The van der Waals surface area contributed by atoms with Crippen LogP contribution in [0.5, 0.6) is 0 Å². The molecule has 1 aliphatic heterocycles. The number of rotatable bonds is 3. The topological polar surface area (TPSA) is 72.7 Å². The molecule has 0 saturated carbocycles. The van der Waals surface area contributed by atoms with Crippen molar-refractivity contribution in [1.29, 1.82) is 0 Å². The number of para-hydroxylation sites is 1. The van der Waals surface area contributed by atoms with E-state index < -0.39 is 0 Å². The van der Waals surface area contributed by atoms with E-state index in [0.29, 0.717) is 5.78 Å². The van der Waals surface area contributed by atoms with Crippen LogP contribution in [0.1, 0.15) is 11.5 Å². The first-order valence-electron chi connectivity index (χ1n) is 6.37. The Kier molecular flexibility index (Phi) is 2.81. The van der Waals surface area contributed by atoms with Crippen molar-refractivity contribution in [3.63, 3.8) is 0 Å². The first-order valence-corrected chi connectivity index (χ1v) is 7.59. The molecule has 8 heteroatoms. The summed E-state index contributed by atoms with van der Waals surface area (Å²) < 4.78 is 3.28. The fourth-order valence-electron chi connectivity index (χ4n) is 2.25. The normalized spacial score (nSPS) is 17.1. The summed E-state index contributed by atoms with van der Waals surface area (Å²) in [6.45, 7) is 0. The van der Waals surface area contributed by atoms with Crippen LogP contribution in [0, 0.1) is 0 Å². The summed E-state index contributed by atoms with van der Waals surface area (Å²) >= 11 is 1.49. The zero-order chi connectivity index (χ0) is 14.2. The summed E-state index contributed by atoms with van der Waals surface area (Å²) in [7, 11) is 0. The van der Waals surface area contributed by atoms with E-state index >= 15 is 0 Å². The largest absolute Gasteiger partial charge is 0.275 e. The van der Waals surface area contributed by atoms with Crippen molar-refractivity contribution in [3.05, 3.63) is 36.2 Å². The van der Waals surface area contributed by atoms with Gasteiger partial charge in [-0.2, -0.15) is 19.4 Å². The van der Waals surface area contributed by atoms with Crippen LogP contribution in [-0.2, 0) is 0 Å². The molecule has 1 aliphatic rings. The van der Waals surface area contributed by atoms with Crippen molar-refractivity contribution in [2.45, 2.75) is 11.1 Å². The Bertz CT molecular complexity index is 860. The standard InChI is InChI=1S/C13H11N7S/c1-21-13-18-17-12-19(8-16-20(12)13)15-7-9-6-14-11-5-3-2-4-10(9)11/h2-9H,1H3/b15-7+. The number of thioether (sulfide) groups is 1. The number of nitrogens with zero attached hydrogens (tertiary/aromatic N) is 7. The van der Waals surface area contributed by atoms with Crippen LogP contribution < -0.4 is 0 Å². The summed E-state index contributed by atoms with van der Waals surface area (Å²) in [5, 5.41) is 17.5. The Morgan fingerprint density at radius 1 is 1.29 bits per heavy atom. The molecule has 0 amide bonds. The second kappa shape index (κ2) is 4.81. The van der Waals surface area contributed by atoms with Crippen molar-refractivity contribution < 1.29 is 0 Å². The van der Waals surface area contributed by atoms with Gasteiger partial charge in [0.25, 0.3) is 5.78 Å². The SMILES string of the molecule is CSc1nnc2n(/N=C/C3C=Nc4ccccc43)cnn12. The highest BCUT2D eigenvalue weighted by molar-refractivity contribution is 7.98. The monoisotopic (exact) mass is 297 g/mol. The van der Waals surface area contributed by atoms with Crippen LogP contribution in [0.3, 0.4) is 0 Å². The number of aromatic nitrogens is 5. The van der Waals surface area contributed by atoms with E-state index in [4.69, 9.17) is 0 Å². The zero-order valence-electron chi connectivity index (χ0n) is 11.2. The minimum Gasteiger partial charge on any atom is -0.260 e. The molecule has 3 aromatic rings. The van der Waals surface area contributed by atoms with Crippen molar-refractivity contribution in [2.24, 2.45) is 10.1 Å². The maximum absolute atomic E-state index is 4.43. The molecular weight excluding hydrogens is 286 g/mol. The number of fused-ring (bicyclic) bond motifs is 2. The summed E-state index contributed by atoms with van der Waals surface area (Å²) in [6, 6.07) is 8.05. The van der Waals surface area contributed by atoms with E-state index in [0.717, 1.165) is 16.4 Å². The summed E-state index contributed by atoms with van der Waals surface area (Å²) in [5.41, 5.74) is 2.15. The van der Waals surface area contributed by atoms with Gasteiger partial charge >= 0.3 is 0 Å². The van der Waals surface area contributed by atoms with Crippen molar-refractivity contribution in [1.82, 2.24) is 24.5 Å². The fraction of sp³-hybridized carbons (Fsp3) is 0.154. The average molecular weight is 297 g/mol. The lowest BCUT2D eigenvalue weighted by atomic mass is 10.0. The summed E-state index contributed by atoms with van der Waals surface area (Å²) in [5.74, 6) is 0.672. The highest BCUT2D eigenvalue weighted by atomic mass is 32.2. The third kappa shape index (κ3) is 1.95. The van der Waals surface area contributed by atoms with E-state index in [-0.39, 0.29) is 5.92 Å². The molecule has 1 aromatic carbocycles. The van der Waals surface area contributed by atoms with Gasteiger partial charge < -0.3 is 0 Å². The highest BCUT2D eigenvalue weighted by Gasteiger charge is 2.16. The van der Waals surface area contributed by atoms with Crippen LogP contribution in [0.4, 0.5) is 5.69 Å². The van der Waals surface area contributed by atoms with Gasteiger partial charge in [0.05, 0.1) is 11.6 Å². The predicted octanol–water partition coefficient (Wildman–Crippen LogP) is 1.98. The molecule has 0 N–H and O–H groups in total. The molecule has 4 rings (SSSR count). The minimum atomic E-state index is 0.0755.